The number of anilines is 1. The first kappa shape index (κ1) is 18.9. The summed E-state index contributed by atoms with van der Waals surface area (Å²) < 4.78 is 2.44. The molecule has 2 N–H and O–H groups in total. The number of aromatic nitrogens is 3. The lowest BCUT2D eigenvalue weighted by atomic mass is 10.1. The van der Waals surface area contributed by atoms with Crippen molar-refractivity contribution in [3.8, 4) is 11.4 Å². The van der Waals surface area contributed by atoms with E-state index in [1.54, 1.807) is 0 Å². The highest BCUT2D eigenvalue weighted by Crippen LogP contribution is 2.38. The number of hydrogen-bond acceptors (Lipinski definition) is 4. The lowest BCUT2D eigenvalue weighted by molar-refractivity contribution is 0.271. The Kier molecular flexibility index (Phi) is 5.36. The van der Waals surface area contributed by atoms with Crippen molar-refractivity contribution in [2.75, 3.05) is 11.9 Å². The molecule has 5 heteroatoms. The highest BCUT2D eigenvalue weighted by Gasteiger charge is 2.26. The van der Waals surface area contributed by atoms with Gasteiger partial charge in [-0.1, -0.05) is 50.1 Å². The van der Waals surface area contributed by atoms with E-state index < -0.39 is 0 Å². The Hall–Kier alpha value is -2.40. The predicted molar refractivity (Wildman–Crippen MR) is 115 cm³/mol. The minimum atomic E-state index is -0.0174. The third-order valence-corrected chi connectivity index (χ3v) is 6.17. The number of benzene rings is 1. The van der Waals surface area contributed by atoms with Crippen molar-refractivity contribution in [2.24, 2.45) is 0 Å². The van der Waals surface area contributed by atoms with Gasteiger partial charge in [0.2, 0.25) is 0 Å². The third kappa shape index (κ3) is 3.28. The molecule has 1 saturated carbocycles. The summed E-state index contributed by atoms with van der Waals surface area (Å²) in [6, 6.07) is 10.7. The first-order valence-corrected chi connectivity index (χ1v) is 10.5. The molecule has 1 fully saturated rings. The van der Waals surface area contributed by atoms with Crippen LogP contribution in [-0.4, -0.2) is 32.3 Å². The lowest BCUT2D eigenvalue weighted by Crippen LogP contribution is -2.23. The molecule has 1 aliphatic carbocycles. The van der Waals surface area contributed by atoms with E-state index in [4.69, 9.17) is 9.97 Å². The average molecular weight is 379 g/mol. The number of fused-ring (bicyclic) bond motifs is 1. The molecule has 148 valence electrons. The van der Waals surface area contributed by atoms with Crippen LogP contribution >= 0.6 is 0 Å². The second kappa shape index (κ2) is 7.92. The van der Waals surface area contributed by atoms with Gasteiger partial charge in [-0.25, -0.2) is 9.97 Å². The lowest BCUT2D eigenvalue weighted by Gasteiger charge is -2.18. The predicted octanol–water partition coefficient (Wildman–Crippen LogP) is 5.01. The molecule has 1 atom stereocenters. The van der Waals surface area contributed by atoms with Crippen molar-refractivity contribution in [3.63, 3.8) is 0 Å². The molecule has 1 aromatic carbocycles. The summed E-state index contributed by atoms with van der Waals surface area (Å²) in [5.41, 5.74) is 4.54. The standard InChI is InChI=1S/C23H30N4O/c1-4-18(14-28)24-22-20-15(2)16(3)27(19-12-8-9-13-19)23(20)26-21(25-22)17-10-6-5-7-11-17/h5-7,10-11,18-19,28H,4,8-9,12-14H2,1-3H3,(H,24,25,26)/t18-/m1/s1. The van der Waals surface area contributed by atoms with Crippen LogP contribution in [0.2, 0.25) is 0 Å². The summed E-state index contributed by atoms with van der Waals surface area (Å²) in [7, 11) is 0. The van der Waals surface area contributed by atoms with Gasteiger partial charge < -0.3 is 15.0 Å². The number of aryl methyl sites for hydroxylation is 1. The Bertz CT molecular complexity index is 954. The van der Waals surface area contributed by atoms with Gasteiger partial charge in [0.25, 0.3) is 0 Å². The maximum Gasteiger partial charge on any atom is 0.163 e. The van der Waals surface area contributed by atoms with E-state index in [1.165, 1.54) is 36.9 Å². The molecular formula is C23H30N4O. The smallest absolute Gasteiger partial charge is 0.163 e. The molecule has 3 aromatic rings. The van der Waals surface area contributed by atoms with E-state index in [1.807, 2.05) is 18.2 Å². The zero-order valence-corrected chi connectivity index (χ0v) is 17.1. The second-order valence-electron chi connectivity index (χ2n) is 7.91. The summed E-state index contributed by atoms with van der Waals surface area (Å²) in [4.78, 5) is 9.94. The molecule has 2 heterocycles. The first-order chi connectivity index (χ1) is 13.6. The van der Waals surface area contributed by atoms with Gasteiger partial charge in [-0.15, -0.1) is 0 Å². The number of aliphatic hydroxyl groups excluding tert-OH is 1. The van der Waals surface area contributed by atoms with Crippen LogP contribution in [0.3, 0.4) is 0 Å². The van der Waals surface area contributed by atoms with Crippen molar-refractivity contribution < 1.29 is 5.11 Å². The van der Waals surface area contributed by atoms with Gasteiger partial charge in [-0.3, -0.25) is 0 Å². The normalized spacial score (nSPS) is 16.0. The highest BCUT2D eigenvalue weighted by molar-refractivity contribution is 5.93. The Balaban J connectivity index is 1.95. The first-order valence-electron chi connectivity index (χ1n) is 10.5. The van der Waals surface area contributed by atoms with Gasteiger partial charge in [0.05, 0.1) is 18.0 Å². The second-order valence-corrected chi connectivity index (χ2v) is 7.91. The van der Waals surface area contributed by atoms with Crippen LogP contribution in [0.4, 0.5) is 5.82 Å². The maximum absolute atomic E-state index is 9.74. The van der Waals surface area contributed by atoms with E-state index >= 15 is 0 Å². The summed E-state index contributed by atoms with van der Waals surface area (Å²) in [5.74, 6) is 1.57. The fraction of sp³-hybridized carbons (Fsp3) is 0.478. The van der Waals surface area contributed by atoms with Crippen LogP contribution in [0.25, 0.3) is 22.4 Å². The fourth-order valence-electron chi connectivity index (χ4n) is 4.39. The van der Waals surface area contributed by atoms with Gasteiger partial charge in [0.1, 0.15) is 11.5 Å². The van der Waals surface area contributed by atoms with Crippen LogP contribution in [0.1, 0.15) is 56.3 Å². The monoisotopic (exact) mass is 378 g/mol. The van der Waals surface area contributed by atoms with Crippen LogP contribution in [0.15, 0.2) is 30.3 Å². The van der Waals surface area contributed by atoms with Crippen LogP contribution in [-0.2, 0) is 0 Å². The van der Waals surface area contributed by atoms with E-state index in [0.717, 1.165) is 34.7 Å². The molecule has 5 nitrogen and oxygen atoms in total. The van der Waals surface area contributed by atoms with E-state index in [0.29, 0.717) is 6.04 Å². The number of hydrogen-bond donors (Lipinski definition) is 2. The Morgan fingerprint density at radius 2 is 1.86 bits per heavy atom. The molecule has 0 aliphatic heterocycles. The van der Waals surface area contributed by atoms with E-state index in [-0.39, 0.29) is 12.6 Å². The molecule has 1 aliphatic rings. The Morgan fingerprint density at radius 1 is 1.14 bits per heavy atom. The van der Waals surface area contributed by atoms with E-state index in [2.05, 4.69) is 42.8 Å². The molecule has 28 heavy (non-hydrogen) atoms. The average Bonchev–Trinajstić information content (AvgIpc) is 3.33. The van der Waals surface area contributed by atoms with Gasteiger partial charge in [0, 0.05) is 17.3 Å². The summed E-state index contributed by atoms with van der Waals surface area (Å²) >= 11 is 0. The van der Waals surface area contributed by atoms with Crippen molar-refractivity contribution in [1.29, 1.82) is 0 Å². The SMILES string of the molecule is CC[C@H](CO)Nc1nc(-c2ccccc2)nc2c1c(C)c(C)n2C1CCCC1. The third-order valence-electron chi connectivity index (χ3n) is 6.17. The molecule has 0 spiro atoms. The Labute approximate surface area is 166 Å². The maximum atomic E-state index is 9.74. The summed E-state index contributed by atoms with van der Waals surface area (Å²) in [6.07, 6.45) is 5.83. The minimum Gasteiger partial charge on any atom is -0.394 e. The Morgan fingerprint density at radius 3 is 2.50 bits per heavy atom. The topological polar surface area (TPSA) is 63.0 Å². The number of nitrogens with one attached hydrogen (secondary N) is 1. The number of nitrogens with zero attached hydrogens (tertiary/aromatic N) is 3. The zero-order chi connectivity index (χ0) is 19.7. The fourth-order valence-corrected chi connectivity index (χ4v) is 4.39. The van der Waals surface area contributed by atoms with Crippen LogP contribution < -0.4 is 5.32 Å². The van der Waals surface area contributed by atoms with Crippen molar-refractivity contribution in [2.45, 2.75) is 65.0 Å². The molecule has 0 radical (unpaired) electrons. The molecule has 0 amide bonds. The molecular weight excluding hydrogens is 348 g/mol. The van der Waals surface area contributed by atoms with Gasteiger partial charge in [-0.2, -0.15) is 0 Å². The van der Waals surface area contributed by atoms with E-state index in [9.17, 15) is 5.11 Å². The van der Waals surface area contributed by atoms with Crippen LogP contribution in [0.5, 0.6) is 0 Å². The zero-order valence-electron chi connectivity index (χ0n) is 17.1. The van der Waals surface area contributed by atoms with Crippen molar-refractivity contribution in [3.05, 3.63) is 41.6 Å². The quantitative estimate of drug-likeness (QED) is 0.633. The summed E-state index contributed by atoms with van der Waals surface area (Å²) in [6.45, 7) is 6.53. The van der Waals surface area contributed by atoms with Gasteiger partial charge in [-0.05, 0) is 38.7 Å². The van der Waals surface area contributed by atoms with Crippen LogP contribution in [0, 0.1) is 13.8 Å². The van der Waals surface area contributed by atoms with Crippen molar-refractivity contribution in [1.82, 2.24) is 14.5 Å². The minimum absolute atomic E-state index is 0.0174. The number of aliphatic hydroxyl groups is 1. The summed E-state index contributed by atoms with van der Waals surface area (Å²) in [5, 5.41) is 14.3. The van der Waals surface area contributed by atoms with Gasteiger partial charge >= 0.3 is 0 Å². The molecule has 0 saturated heterocycles. The molecule has 2 aromatic heterocycles. The van der Waals surface area contributed by atoms with Gasteiger partial charge in [0.15, 0.2) is 5.82 Å². The van der Waals surface area contributed by atoms with Crippen molar-refractivity contribution >= 4 is 16.9 Å². The number of rotatable bonds is 6. The molecule has 4 rings (SSSR count). The highest BCUT2D eigenvalue weighted by atomic mass is 16.3. The molecule has 0 unspecified atom stereocenters. The largest absolute Gasteiger partial charge is 0.394 e. The molecule has 0 bridgehead atoms.